The van der Waals surface area contributed by atoms with Crippen LogP contribution in [0.15, 0.2) is 29.0 Å². The van der Waals surface area contributed by atoms with E-state index in [2.05, 4.69) is 15.2 Å². The lowest BCUT2D eigenvalue weighted by atomic mass is 10.4. The normalized spacial score (nSPS) is 16.2. The Balaban J connectivity index is 1.51. The van der Waals surface area contributed by atoms with Crippen LogP contribution >= 0.6 is 22.7 Å². The van der Waals surface area contributed by atoms with Gasteiger partial charge in [-0.3, -0.25) is 15.0 Å². The summed E-state index contributed by atoms with van der Waals surface area (Å²) in [6.45, 7) is 4.23. The highest BCUT2D eigenvalue weighted by Gasteiger charge is 2.13. The van der Waals surface area contributed by atoms with Crippen molar-refractivity contribution in [2.24, 2.45) is 0 Å². The quantitative estimate of drug-likeness (QED) is 0.854. The number of nitrogens with one attached hydrogen (secondary N) is 1. The SMILES string of the molecule is O=C(/C=C/c1cccs1)Nc1nc(CN2CCOCC2)cs1. The summed E-state index contributed by atoms with van der Waals surface area (Å²) >= 11 is 3.06. The van der Waals surface area contributed by atoms with Crippen molar-refractivity contribution in [1.82, 2.24) is 9.88 Å². The van der Waals surface area contributed by atoms with E-state index in [0.29, 0.717) is 5.13 Å². The molecular weight excluding hydrogens is 318 g/mol. The molecule has 1 fully saturated rings. The van der Waals surface area contributed by atoms with Gasteiger partial charge >= 0.3 is 0 Å². The fraction of sp³-hybridized carbons (Fsp3) is 0.333. The first-order valence-electron chi connectivity index (χ1n) is 7.07. The standard InChI is InChI=1S/C15H17N3O2S2/c19-14(4-3-13-2-1-9-21-13)17-15-16-12(11-22-15)10-18-5-7-20-8-6-18/h1-4,9,11H,5-8,10H2,(H,16,17,19)/b4-3+. The highest BCUT2D eigenvalue weighted by molar-refractivity contribution is 7.14. The van der Waals surface area contributed by atoms with Crippen molar-refractivity contribution in [3.63, 3.8) is 0 Å². The van der Waals surface area contributed by atoms with E-state index in [9.17, 15) is 4.79 Å². The van der Waals surface area contributed by atoms with Gasteiger partial charge in [0, 0.05) is 36.0 Å². The zero-order chi connectivity index (χ0) is 15.2. The maximum atomic E-state index is 11.9. The van der Waals surface area contributed by atoms with Crippen LogP contribution in [-0.2, 0) is 16.1 Å². The van der Waals surface area contributed by atoms with E-state index in [0.717, 1.165) is 43.4 Å². The molecule has 0 saturated carbocycles. The average Bonchev–Trinajstić information content (AvgIpc) is 3.18. The summed E-state index contributed by atoms with van der Waals surface area (Å²) in [6.07, 6.45) is 3.34. The van der Waals surface area contributed by atoms with Crippen LogP contribution in [0.4, 0.5) is 5.13 Å². The van der Waals surface area contributed by atoms with Crippen molar-refractivity contribution in [1.29, 1.82) is 0 Å². The zero-order valence-electron chi connectivity index (χ0n) is 12.0. The molecule has 7 heteroatoms. The highest BCUT2D eigenvalue weighted by Crippen LogP contribution is 2.17. The third kappa shape index (κ3) is 4.48. The Labute approximate surface area is 137 Å². The summed E-state index contributed by atoms with van der Waals surface area (Å²) in [6, 6.07) is 3.93. The molecule has 0 unspecified atom stereocenters. The van der Waals surface area contributed by atoms with E-state index in [1.807, 2.05) is 29.0 Å². The van der Waals surface area contributed by atoms with E-state index in [1.165, 1.54) is 17.4 Å². The predicted molar refractivity (Wildman–Crippen MR) is 90.2 cm³/mol. The number of carbonyl (C=O) groups excluding carboxylic acids is 1. The number of thiazole rings is 1. The van der Waals surface area contributed by atoms with Gasteiger partial charge in [-0.2, -0.15) is 0 Å². The van der Waals surface area contributed by atoms with Gasteiger partial charge in [0.15, 0.2) is 5.13 Å². The molecule has 0 radical (unpaired) electrons. The van der Waals surface area contributed by atoms with Gasteiger partial charge in [0.1, 0.15) is 0 Å². The molecule has 0 bridgehead atoms. The van der Waals surface area contributed by atoms with Gasteiger partial charge < -0.3 is 4.74 Å². The minimum atomic E-state index is -0.152. The van der Waals surface area contributed by atoms with Gasteiger partial charge in [0.05, 0.1) is 18.9 Å². The molecule has 116 valence electrons. The van der Waals surface area contributed by atoms with Crippen molar-refractivity contribution in [3.8, 4) is 0 Å². The molecule has 2 aromatic rings. The second-order valence-electron chi connectivity index (χ2n) is 4.87. The Morgan fingerprint density at radius 2 is 2.27 bits per heavy atom. The van der Waals surface area contributed by atoms with Gasteiger partial charge in [0.25, 0.3) is 0 Å². The van der Waals surface area contributed by atoms with Crippen LogP contribution in [0.2, 0.25) is 0 Å². The summed E-state index contributed by atoms with van der Waals surface area (Å²) in [4.78, 5) is 19.7. The zero-order valence-corrected chi connectivity index (χ0v) is 13.7. The number of hydrogen-bond acceptors (Lipinski definition) is 6. The maximum Gasteiger partial charge on any atom is 0.250 e. The van der Waals surface area contributed by atoms with Crippen molar-refractivity contribution in [3.05, 3.63) is 39.5 Å². The first kappa shape index (κ1) is 15.4. The lowest BCUT2D eigenvalue weighted by Crippen LogP contribution is -2.35. The Bertz CT molecular complexity index is 631. The monoisotopic (exact) mass is 335 g/mol. The third-order valence-electron chi connectivity index (χ3n) is 3.21. The Hall–Kier alpha value is -1.54. The van der Waals surface area contributed by atoms with Crippen LogP contribution < -0.4 is 5.32 Å². The van der Waals surface area contributed by atoms with Crippen LogP contribution in [0, 0.1) is 0 Å². The third-order valence-corrected chi connectivity index (χ3v) is 4.86. The number of thiophene rings is 1. The summed E-state index contributed by atoms with van der Waals surface area (Å²) in [5, 5.41) is 7.42. The predicted octanol–water partition coefficient (Wildman–Crippen LogP) is 2.69. The lowest BCUT2D eigenvalue weighted by Gasteiger charge is -2.25. The number of nitrogens with zero attached hydrogens (tertiary/aromatic N) is 2. The summed E-state index contributed by atoms with van der Waals surface area (Å²) < 4.78 is 5.33. The maximum absolute atomic E-state index is 11.9. The van der Waals surface area contributed by atoms with Gasteiger partial charge in [-0.1, -0.05) is 6.07 Å². The molecule has 0 atom stereocenters. The number of morpholine rings is 1. The molecule has 1 aliphatic rings. The van der Waals surface area contributed by atoms with Gasteiger partial charge in [-0.15, -0.1) is 22.7 Å². The summed E-state index contributed by atoms with van der Waals surface area (Å²) in [7, 11) is 0. The minimum Gasteiger partial charge on any atom is -0.379 e. The van der Waals surface area contributed by atoms with E-state index in [4.69, 9.17) is 4.74 Å². The molecule has 1 amide bonds. The molecule has 0 spiro atoms. The molecule has 1 saturated heterocycles. The van der Waals surface area contributed by atoms with Crippen molar-refractivity contribution < 1.29 is 9.53 Å². The second kappa shape index (κ2) is 7.64. The average molecular weight is 335 g/mol. The molecule has 0 aliphatic carbocycles. The fourth-order valence-electron chi connectivity index (χ4n) is 2.12. The number of rotatable bonds is 5. The number of carbonyl (C=O) groups is 1. The molecule has 3 rings (SSSR count). The minimum absolute atomic E-state index is 0.152. The van der Waals surface area contributed by atoms with E-state index >= 15 is 0 Å². The first-order chi connectivity index (χ1) is 10.8. The van der Waals surface area contributed by atoms with E-state index in [1.54, 1.807) is 11.3 Å². The molecule has 2 aromatic heterocycles. The second-order valence-corrected chi connectivity index (χ2v) is 6.71. The van der Waals surface area contributed by atoms with Crippen molar-refractivity contribution >= 4 is 39.8 Å². The molecule has 1 N–H and O–H groups in total. The van der Waals surface area contributed by atoms with Gasteiger partial charge in [-0.05, 0) is 17.5 Å². The molecule has 3 heterocycles. The Kier molecular flexibility index (Phi) is 5.33. The molecule has 0 aromatic carbocycles. The van der Waals surface area contributed by atoms with Crippen LogP contribution in [-0.4, -0.2) is 42.1 Å². The molecule has 1 aliphatic heterocycles. The molecule has 22 heavy (non-hydrogen) atoms. The van der Waals surface area contributed by atoms with Crippen LogP contribution in [0.25, 0.3) is 6.08 Å². The summed E-state index contributed by atoms with van der Waals surface area (Å²) in [5.41, 5.74) is 0.990. The number of anilines is 1. The van der Waals surface area contributed by atoms with E-state index < -0.39 is 0 Å². The number of hydrogen-bond donors (Lipinski definition) is 1. The highest BCUT2D eigenvalue weighted by atomic mass is 32.1. The molecule has 5 nitrogen and oxygen atoms in total. The topological polar surface area (TPSA) is 54.5 Å². The number of amides is 1. The lowest BCUT2D eigenvalue weighted by molar-refractivity contribution is -0.111. The number of aromatic nitrogens is 1. The largest absolute Gasteiger partial charge is 0.379 e. The first-order valence-corrected chi connectivity index (χ1v) is 8.82. The number of ether oxygens (including phenoxy) is 1. The van der Waals surface area contributed by atoms with Gasteiger partial charge in [-0.25, -0.2) is 4.98 Å². The van der Waals surface area contributed by atoms with Crippen molar-refractivity contribution in [2.45, 2.75) is 6.54 Å². The van der Waals surface area contributed by atoms with E-state index in [-0.39, 0.29) is 5.91 Å². The smallest absolute Gasteiger partial charge is 0.250 e. The van der Waals surface area contributed by atoms with Gasteiger partial charge in [0.2, 0.25) is 5.91 Å². The Morgan fingerprint density at radius 1 is 1.41 bits per heavy atom. The summed E-state index contributed by atoms with van der Waals surface area (Å²) in [5.74, 6) is -0.152. The van der Waals surface area contributed by atoms with Crippen LogP contribution in [0.5, 0.6) is 0 Å². The van der Waals surface area contributed by atoms with Crippen LogP contribution in [0.3, 0.4) is 0 Å². The van der Waals surface area contributed by atoms with Crippen LogP contribution in [0.1, 0.15) is 10.6 Å². The Morgan fingerprint density at radius 3 is 3.05 bits per heavy atom. The molecular formula is C15H17N3O2S2. The van der Waals surface area contributed by atoms with Crippen molar-refractivity contribution in [2.75, 3.05) is 31.6 Å². The fourth-order valence-corrected chi connectivity index (χ4v) is 3.44.